The fourth-order valence-corrected chi connectivity index (χ4v) is 5.50. The van der Waals surface area contributed by atoms with Crippen LogP contribution in [0.1, 0.15) is 84.6 Å². The monoisotopic (exact) mass is 693 g/mol. The van der Waals surface area contributed by atoms with Crippen LogP contribution in [-0.2, 0) is 19.0 Å². The summed E-state index contributed by atoms with van der Waals surface area (Å²) >= 11 is 5.67. The Kier molecular flexibility index (Phi) is 19.6. The van der Waals surface area contributed by atoms with E-state index in [0.29, 0.717) is 45.0 Å². The van der Waals surface area contributed by atoms with E-state index in [4.69, 9.17) is 30.5 Å². The molecule has 49 heavy (non-hydrogen) atoms. The largest absolute Gasteiger partial charge is 0.491 e. The standard InChI is InChI=1S/C38H52ClN5O5/c1-5-44(6-2)34-18-16-30(15-17-33-32(29-42)37(31(27-40)28-41)49-38(33,3)4)26-35(34)48-22-13-9-10-14-36(45)43-20-23-47-25-24-46-21-12-8-7-11-19-39/h15-18,26H,5-14,19-25H2,1-4H3,(H,43,45)/b17-15+. The highest BCUT2D eigenvalue weighted by Crippen LogP contribution is 2.40. The van der Waals surface area contributed by atoms with Crippen molar-refractivity contribution in [3.05, 3.63) is 52.3 Å². The van der Waals surface area contributed by atoms with Crippen LogP contribution in [0.5, 0.6) is 5.75 Å². The number of carbonyl (C=O) groups is 1. The molecule has 0 unspecified atom stereocenters. The Hall–Kier alpha value is -4.01. The van der Waals surface area contributed by atoms with Crippen LogP contribution in [-0.4, -0.2) is 70.1 Å². The number of rotatable bonds is 24. The van der Waals surface area contributed by atoms with Crippen molar-refractivity contribution >= 4 is 29.3 Å². The first-order chi connectivity index (χ1) is 23.8. The van der Waals surface area contributed by atoms with Crippen molar-refractivity contribution in [2.45, 2.75) is 84.7 Å². The van der Waals surface area contributed by atoms with Gasteiger partial charge >= 0.3 is 0 Å². The highest BCUT2D eigenvalue weighted by Gasteiger charge is 2.38. The number of nitriles is 3. The second-order valence-corrected chi connectivity index (χ2v) is 12.4. The minimum absolute atomic E-state index is 0.0155. The van der Waals surface area contributed by atoms with Gasteiger partial charge in [0.2, 0.25) is 5.91 Å². The lowest BCUT2D eigenvalue weighted by Gasteiger charge is -2.24. The molecule has 0 saturated heterocycles. The van der Waals surface area contributed by atoms with E-state index >= 15 is 0 Å². The van der Waals surface area contributed by atoms with Crippen LogP contribution in [0.25, 0.3) is 6.08 Å². The van der Waals surface area contributed by atoms with Gasteiger partial charge in [0.1, 0.15) is 35.1 Å². The van der Waals surface area contributed by atoms with Gasteiger partial charge in [0, 0.05) is 44.1 Å². The topological polar surface area (TPSA) is 141 Å². The Morgan fingerprint density at radius 1 is 0.918 bits per heavy atom. The van der Waals surface area contributed by atoms with Crippen LogP contribution in [0.3, 0.4) is 0 Å². The van der Waals surface area contributed by atoms with E-state index in [-0.39, 0.29) is 22.8 Å². The molecule has 0 spiro atoms. The number of benzene rings is 1. The lowest BCUT2D eigenvalue weighted by atomic mass is 9.94. The molecule has 1 amide bonds. The zero-order valence-electron chi connectivity index (χ0n) is 29.6. The van der Waals surface area contributed by atoms with Gasteiger partial charge in [-0.3, -0.25) is 4.79 Å². The number of hydrogen-bond donors (Lipinski definition) is 1. The Morgan fingerprint density at radius 2 is 1.59 bits per heavy atom. The van der Waals surface area contributed by atoms with Crippen molar-refractivity contribution < 1.29 is 23.7 Å². The van der Waals surface area contributed by atoms with Gasteiger partial charge in [0.15, 0.2) is 11.3 Å². The Balaban J connectivity index is 1.84. The summed E-state index contributed by atoms with van der Waals surface area (Å²) in [7, 11) is 0. The maximum atomic E-state index is 12.2. The number of allylic oxidation sites excluding steroid dienone is 2. The van der Waals surface area contributed by atoms with Gasteiger partial charge in [-0.1, -0.05) is 31.1 Å². The average Bonchev–Trinajstić information content (AvgIpc) is 3.36. The number of halogens is 1. The average molecular weight is 694 g/mol. The predicted molar refractivity (Wildman–Crippen MR) is 193 cm³/mol. The van der Waals surface area contributed by atoms with E-state index in [1.165, 1.54) is 0 Å². The fraction of sp³-hybridized carbons (Fsp3) is 0.579. The molecule has 266 valence electrons. The Labute approximate surface area is 297 Å². The number of hydrogen-bond acceptors (Lipinski definition) is 9. The van der Waals surface area contributed by atoms with Crippen LogP contribution in [0.2, 0.25) is 0 Å². The molecular formula is C38H52ClN5O5. The first-order valence-electron chi connectivity index (χ1n) is 17.3. The molecule has 10 nitrogen and oxygen atoms in total. The smallest absolute Gasteiger partial charge is 0.220 e. The van der Waals surface area contributed by atoms with Gasteiger partial charge in [0.25, 0.3) is 0 Å². The van der Waals surface area contributed by atoms with Crippen LogP contribution < -0.4 is 15.0 Å². The van der Waals surface area contributed by atoms with Gasteiger partial charge in [-0.15, -0.1) is 11.6 Å². The summed E-state index contributed by atoms with van der Waals surface area (Å²) in [6.45, 7) is 12.7. The molecule has 11 heteroatoms. The van der Waals surface area contributed by atoms with Gasteiger partial charge in [-0.05, 0) is 77.5 Å². The first-order valence-corrected chi connectivity index (χ1v) is 17.9. The molecule has 0 aliphatic carbocycles. The maximum absolute atomic E-state index is 12.2. The molecular weight excluding hydrogens is 642 g/mol. The van der Waals surface area contributed by atoms with Crippen molar-refractivity contribution in [3.63, 3.8) is 0 Å². The number of nitrogens with zero attached hydrogens (tertiary/aromatic N) is 4. The van der Waals surface area contributed by atoms with Crippen molar-refractivity contribution in [1.29, 1.82) is 15.8 Å². The molecule has 0 saturated carbocycles. The highest BCUT2D eigenvalue weighted by molar-refractivity contribution is 6.17. The van der Waals surface area contributed by atoms with E-state index in [9.17, 15) is 20.6 Å². The highest BCUT2D eigenvalue weighted by atomic mass is 35.5. The maximum Gasteiger partial charge on any atom is 0.220 e. The van der Waals surface area contributed by atoms with Crippen LogP contribution >= 0.6 is 11.6 Å². The summed E-state index contributed by atoms with van der Waals surface area (Å²) in [5.41, 5.74) is 1.51. The third-order valence-electron chi connectivity index (χ3n) is 8.01. The molecule has 1 aliphatic heterocycles. The number of ether oxygens (including phenoxy) is 4. The van der Waals surface area contributed by atoms with Crippen molar-refractivity contribution in [3.8, 4) is 24.0 Å². The van der Waals surface area contributed by atoms with Crippen LogP contribution in [0.4, 0.5) is 5.69 Å². The molecule has 0 bridgehead atoms. The molecule has 2 rings (SSSR count). The number of nitrogens with one attached hydrogen (secondary N) is 1. The van der Waals surface area contributed by atoms with Gasteiger partial charge in [-0.2, -0.15) is 15.8 Å². The predicted octanol–water partition coefficient (Wildman–Crippen LogP) is 7.36. The molecule has 1 aromatic rings. The minimum Gasteiger partial charge on any atom is -0.491 e. The van der Waals surface area contributed by atoms with Gasteiger partial charge < -0.3 is 29.2 Å². The van der Waals surface area contributed by atoms with Gasteiger partial charge in [-0.25, -0.2) is 0 Å². The molecule has 0 aromatic heterocycles. The number of carbonyl (C=O) groups excluding carboxylic acids is 1. The molecule has 1 N–H and O–H groups in total. The third-order valence-corrected chi connectivity index (χ3v) is 8.28. The SMILES string of the molecule is CCN(CC)c1ccc(/C=C/C2=C(C#N)C(=C(C#N)C#N)OC2(C)C)cc1OCCCCCC(=O)NCCOCCOCCCCCCCl. The second-order valence-electron chi connectivity index (χ2n) is 12.0. The second kappa shape index (κ2) is 23.4. The number of anilines is 1. The van der Waals surface area contributed by atoms with Crippen molar-refractivity contribution in [2.24, 2.45) is 0 Å². The van der Waals surface area contributed by atoms with E-state index < -0.39 is 5.60 Å². The normalized spacial score (nSPS) is 13.5. The summed E-state index contributed by atoms with van der Waals surface area (Å²) in [6.07, 6.45) is 10.9. The zero-order chi connectivity index (χ0) is 35.9. The molecule has 0 radical (unpaired) electrons. The lowest BCUT2D eigenvalue weighted by Crippen LogP contribution is -2.27. The third kappa shape index (κ3) is 14.2. The number of alkyl halides is 1. The lowest BCUT2D eigenvalue weighted by molar-refractivity contribution is -0.121. The van der Waals surface area contributed by atoms with E-state index in [1.807, 2.05) is 36.4 Å². The van der Waals surface area contributed by atoms with Crippen LogP contribution in [0.15, 0.2) is 46.8 Å². The van der Waals surface area contributed by atoms with Gasteiger partial charge in [0.05, 0.1) is 32.1 Å². The minimum atomic E-state index is -0.888. The Morgan fingerprint density at radius 3 is 2.27 bits per heavy atom. The molecule has 1 heterocycles. The summed E-state index contributed by atoms with van der Waals surface area (Å²) in [4.78, 5) is 14.4. The van der Waals surface area contributed by atoms with E-state index in [0.717, 1.165) is 87.5 Å². The summed E-state index contributed by atoms with van der Waals surface area (Å²) in [6, 6.07) is 11.7. The quantitative estimate of drug-likeness (QED) is 0.0668. The summed E-state index contributed by atoms with van der Waals surface area (Å²) < 4.78 is 23.2. The number of amides is 1. The van der Waals surface area contributed by atoms with E-state index in [1.54, 1.807) is 19.9 Å². The molecule has 0 atom stereocenters. The van der Waals surface area contributed by atoms with Crippen molar-refractivity contribution in [1.82, 2.24) is 5.32 Å². The summed E-state index contributed by atoms with van der Waals surface area (Å²) in [5.74, 6) is 1.51. The fourth-order valence-electron chi connectivity index (χ4n) is 5.31. The van der Waals surface area contributed by atoms with E-state index in [2.05, 4.69) is 30.1 Å². The van der Waals surface area contributed by atoms with Crippen LogP contribution in [0, 0.1) is 34.0 Å². The molecule has 1 aliphatic rings. The zero-order valence-corrected chi connectivity index (χ0v) is 30.4. The first kappa shape index (κ1) is 41.2. The Bertz CT molecular complexity index is 1400. The molecule has 0 fully saturated rings. The number of unbranched alkanes of at least 4 members (excludes halogenated alkanes) is 5. The summed E-state index contributed by atoms with van der Waals surface area (Å²) in [5, 5.41) is 31.4. The van der Waals surface area contributed by atoms with Crippen molar-refractivity contribution in [2.75, 3.05) is 63.4 Å². The molecule has 1 aromatic carbocycles.